The van der Waals surface area contributed by atoms with Crippen molar-refractivity contribution < 1.29 is 9.47 Å². The number of ether oxygens (including phenoxy) is 2. The van der Waals surface area contributed by atoms with E-state index in [4.69, 9.17) is 9.47 Å². The minimum absolute atomic E-state index is 0.153. The van der Waals surface area contributed by atoms with Crippen LogP contribution in [-0.2, 0) is 10.2 Å². The molecule has 19 heavy (non-hydrogen) atoms. The molecule has 1 fully saturated rings. The fourth-order valence-corrected chi connectivity index (χ4v) is 2.23. The van der Waals surface area contributed by atoms with Crippen molar-refractivity contribution >= 4 is 0 Å². The van der Waals surface area contributed by atoms with Gasteiger partial charge >= 0.3 is 0 Å². The quantitative estimate of drug-likeness (QED) is 0.909. The molecule has 2 rings (SSSR count). The second-order valence-corrected chi connectivity index (χ2v) is 6.39. The lowest BCUT2D eigenvalue weighted by Gasteiger charge is -2.29. The highest BCUT2D eigenvalue weighted by atomic mass is 16.5. The van der Waals surface area contributed by atoms with Crippen molar-refractivity contribution in [2.24, 2.45) is 0 Å². The molecular weight excluding hydrogens is 238 g/mol. The molecule has 2 unspecified atom stereocenters. The fraction of sp³-hybridized carbons (Fsp3) is 0.625. The summed E-state index contributed by atoms with van der Waals surface area (Å²) in [5.74, 6) is 0.937. The molecule has 1 aromatic rings. The predicted octanol–water partition coefficient (Wildman–Crippen LogP) is 2.74. The lowest BCUT2D eigenvalue weighted by molar-refractivity contribution is 0.0353. The molecule has 0 aromatic heterocycles. The summed E-state index contributed by atoms with van der Waals surface area (Å²) in [4.78, 5) is 0. The number of rotatable bonds is 3. The molecule has 3 nitrogen and oxygen atoms in total. The Bertz CT molecular complexity index is 411. The summed E-state index contributed by atoms with van der Waals surface area (Å²) in [5.41, 5.74) is 1.45. The molecule has 1 saturated heterocycles. The summed E-state index contributed by atoms with van der Waals surface area (Å²) < 4.78 is 11.4. The van der Waals surface area contributed by atoms with Crippen LogP contribution in [-0.4, -0.2) is 31.9 Å². The van der Waals surface area contributed by atoms with E-state index in [9.17, 15) is 0 Å². The van der Waals surface area contributed by atoms with Crippen molar-refractivity contribution in [1.82, 2.24) is 5.32 Å². The van der Waals surface area contributed by atoms with Crippen LogP contribution < -0.4 is 10.1 Å². The summed E-state index contributed by atoms with van der Waals surface area (Å²) in [6.07, 6.45) is 0. The fourth-order valence-electron chi connectivity index (χ4n) is 2.23. The normalized spacial score (nSPS) is 24.2. The van der Waals surface area contributed by atoms with Crippen molar-refractivity contribution in [2.45, 2.75) is 45.2 Å². The van der Waals surface area contributed by atoms with Crippen molar-refractivity contribution in [2.75, 3.05) is 19.8 Å². The van der Waals surface area contributed by atoms with Crippen LogP contribution in [0, 0.1) is 0 Å². The largest absolute Gasteiger partial charge is 0.492 e. The first-order valence-electron chi connectivity index (χ1n) is 7.02. The Morgan fingerprint density at radius 1 is 1.32 bits per heavy atom. The summed E-state index contributed by atoms with van der Waals surface area (Å²) in [7, 11) is 0. The van der Waals surface area contributed by atoms with Crippen LogP contribution in [0.25, 0.3) is 0 Å². The van der Waals surface area contributed by atoms with E-state index in [1.807, 2.05) is 6.07 Å². The van der Waals surface area contributed by atoms with Gasteiger partial charge in [-0.25, -0.2) is 0 Å². The lowest BCUT2D eigenvalue weighted by atomic mass is 9.87. The SMILES string of the molecule is CC1COCC(COc2cccc(C(C)(C)C)c2)N1. The van der Waals surface area contributed by atoms with E-state index in [0.29, 0.717) is 12.6 Å². The van der Waals surface area contributed by atoms with Crippen LogP contribution >= 0.6 is 0 Å². The molecule has 1 heterocycles. The van der Waals surface area contributed by atoms with E-state index < -0.39 is 0 Å². The van der Waals surface area contributed by atoms with Gasteiger partial charge in [-0.2, -0.15) is 0 Å². The number of morpholine rings is 1. The Labute approximate surface area is 116 Å². The molecular formula is C16H25NO2. The van der Waals surface area contributed by atoms with Gasteiger partial charge in [0.15, 0.2) is 0 Å². The van der Waals surface area contributed by atoms with E-state index in [1.165, 1.54) is 5.56 Å². The van der Waals surface area contributed by atoms with Crippen LogP contribution in [0.5, 0.6) is 5.75 Å². The second-order valence-electron chi connectivity index (χ2n) is 6.39. The molecule has 1 aliphatic heterocycles. The molecule has 0 saturated carbocycles. The molecule has 0 spiro atoms. The molecule has 1 aliphatic rings. The van der Waals surface area contributed by atoms with Crippen molar-refractivity contribution in [3.63, 3.8) is 0 Å². The summed E-state index contributed by atoms with van der Waals surface area (Å²) in [6.45, 7) is 10.9. The van der Waals surface area contributed by atoms with Crippen LogP contribution in [0.4, 0.5) is 0 Å². The van der Waals surface area contributed by atoms with Gasteiger partial charge in [0.05, 0.1) is 19.3 Å². The maximum absolute atomic E-state index is 5.89. The third-order valence-corrected chi connectivity index (χ3v) is 3.36. The Kier molecular flexibility index (Phi) is 4.48. The van der Waals surface area contributed by atoms with Gasteiger partial charge < -0.3 is 14.8 Å². The molecule has 3 heteroatoms. The number of benzene rings is 1. The minimum Gasteiger partial charge on any atom is -0.492 e. The zero-order valence-electron chi connectivity index (χ0n) is 12.4. The smallest absolute Gasteiger partial charge is 0.119 e. The van der Waals surface area contributed by atoms with Gasteiger partial charge in [-0.05, 0) is 30.0 Å². The average Bonchev–Trinajstić information content (AvgIpc) is 2.36. The van der Waals surface area contributed by atoms with Crippen LogP contribution in [0.3, 0.4) is 0 Å². The Morgan fingerprint density at radius 3 is 2.79 bits per heavy atom. The highest BCUT2D eigenvalue weighted by Crippen LogP contribution is 2.25. The van der Waals surface area contributed by atoms with Crippen molar-refractivity contribution in [3.8, 4) is 5.75 Å². The number of nitrogens with one attached hydrogen (secondary N) is 1. The zero-order valence-corrected chi connectivity index (χ0v) is 12.4. The molecule has 1 aromatic carbocycles. The molecule has 0 bridgehead atoms. The maximum atomic E-state index is 5.89. The maximum Gasteiger partial charge on any atom is 0.119 e. The van der Waals surface area contributed by atoms with E-state index in [1.54, 1.807) is 0 Å². The standard InChI is InChI=1S/C16H25NO2/c1-12-9-18-10-14(17-12)11-19-15-7-5-6-13(8-15)16(2,3)4/h5-8,12,14,17H,9-11H2,1-4H3. The molecule has 0 aliphatic carbocycles. The Hall–Kier alpha value is -1.06. The van der Waals surface area contributed by atoms with E-state index in [0.717, 1.165) is 19.0 Å². The zero-order chi connectivity index (χ0) is 13.9. The molecule has 106 valence electrons. The van der Waals surface area contributed by atoms with Gasteiger partial charge in [-0.1, -0.05) is 32.9 Å². The molecule has 1 N–H and O–H groups in total. The van der Waals surface area contributed by atoms with Gasteiger partial charge in [0.1, 0.15) is 12.4 Å². The first kappa shape index (κ1) is 14.4. The van der Waals surface area contributed by atoms with Gasteiger partial charge in [0.25, 0.3) is 0 Å². The molecule has 0 amide bonds. The van der Waals surface area contributed by atoms with Crippen LogP contribution in [0.15, 0.2) is 24.3 Å². The predicted molar refractivity (Wildman–Crippen MR) is 77.8 cm³/mol. The third-order valence-electron chi connectivity index (χ3n) is 3.36. The molecule has 0 radical (unpaired) electrons. The van der Waals surface area contributed by atoms with Gasteiger partial charge in [0, 0.05) is 6.04 Å². The number of hydrogen-bond donors (Lipinski definition) is 1. The second kappa shape index (κ2) is 5.93. The van der Waals surface area contributed by atoms with Crippen LogP contribution in [0.2, 0.25) is 0 Å². The third kappa shape index (κ3) is 4.22. The molecule has 2 atom stereocenters. The highest BCUT2D eigenvalue weighted by molar-refractivity contribution is 5.32. The minimum atomic E-state index is 0.153. The monoisotopic (exact) mass is 263 g/mol. The van der Waals surface area contributed by atoms with E-state index in [2.05, 4.69) is 51.2 Å². The summed E-state index contributed by atoms with van der Waals surface area (Å²) >= 11 is 0. The van der Waals surface area contributed by atoms with Gasteiger partial charge in [0.2, 0.25) is 0 Å². The van der Waals surface area contributed by atoms with E-state index >= 15 is 0 Å². The first-order chi connectivity index (χ1) is 8.95. The van der Waals surface area contributed by atoms with Crippen molar-refractivity contribution in [3.05, 3.63) is 29.8 Å². The highest BCUT2D eigenvalue weighted by Gasteiger charge is 2.19. The lowest BCUT2D eigenvalue weighted by Crippen LogP contribution is -2.50. The van der Waals surface area contributed by atoms with Crippen LogP contribution in [0.1, 0.15) is 33.3 Å². The first-order valence-corrected chi connectivity index (χ1v) is 7.02. The van der Waals surface area contributed by atoms with E-state index in [-0.39, 0.29) is 11.5 Å². The Balaban J connectivity index is 1.92. The average molecular weight is 263 g/mol. The number of hydrogen-bond acceptors (Lipinski definition) is 3. The van der Waals surface area contributed by atoms with Crippen molar-refractivity contribution in [1.29, 1.82) is 0 Å². The summed E-state index contributed by atoms with van der Waals surface area (Å²) in [5, 5.41) is 3.48. The topological polar surface area (TPSA) is 30.5 Å². The Morgan fingerprint density at radius 2 is 2.11 bits per heavy atom. The van der Waals surface area contributed by atoms with Gasteiger partial charge in [-0.15, -0.1) is 0 Å². The van der Waals surface area contributed by atoms with Gasteiger partial charge in [-0.3, -0.25) is 0 Å². The summed E-state index contributed by atoms with van der Waals surface area (Å²) in [6, 6.07) is 9.04.